The second-order valence-electron chi connectivity index (χ2n) is 6.94. The fourth-order valence-corrected chi connectivity index (χ4v) is 3.67. The van der Waals surface area contributed by atoms with E-state index in [1.54, 1.807) is 0 Å². The largest absolute Gasteiger partial charge is 0.375 e. The Bertz CT molecular complexity index is 256. The highest BCUT2D eigenvalue weighted by molar-refractivity contribution is 5.00. The summed E-state index contributed by atoms with van der Waals surface area (Å²) in [6, 6.07) is 0.723. The molecule has 2 aliphatic rings. The normalized spacial score (nSPS) is 33.4. The van der Waals surface area contributed by atoms with E-state index in [1.165, 1.54) is 32.4 Å². The van der Waals surface area contributed by atoms with Crippen LogP contribution in [0.2, 0.25) is 0 Å². The first kappa shape index (κ1) is 13.4. The highest BCUT2D eigenvalue weighted by Crippen LogP contribution is 2.47. The van der Waals surface area contributed by atoms with E-state index in [4.69, 9.17) is 4.74 Å². The molecular weight excluding hydrogens is 210 g/mol. The van der Waals surface area contributed by atoms with Crippen molar-refractivity contribution >= 4 is 0 Å². The Hall–Kier alpha value is -0.0800. The molecule has 0 bridgehead atoms. The average Bonchev–Trinajstić information content (AvgIpc) is 2.16. The summed E-state index contributed by atoms with van der Waals surface area (Å²) in [7, 11) is 0. The van der Waals surface area contributed by atoms with Crippen LogP contribution in [0.3, 0.4) is 0 Å². The zero-order valence-electron chi connectivity index (χ0n) is 12.2. The van der Waals surface area contributed by atoms with Crippen molar-refractivity contribution in [2.24, 2.45) is 11.3 Å². The SMILES string of the molecule is CC(C)OC1CCC2(C[C@@H]1C)CN(C(C)C)C2. The lowest BCUT2D eigenvalue weighted by atomic mass is 9.64. The van der Waals surface area contributed by atoms with Gasteiger partial charge in [-0.25, -0.2) is 0 Å². The van der Waals surface area contributed by atoms with Gasteiger partial charge >= 0.3 is 0 Å². The quantitative estimate of drug-likeness (QED) is 0.749. The molecule has 100 valence electrons. The summed E-state index contributed by atoms with van der Waals surface area (Å²) >= 11 is 0. The molecule has 1 unspecified atom stereocenters. The molecule has 0 radical (unpaired) electrons. The lowest BCUT2D eigenvalue weighted by molar-refractivity contribution is -0.116. The maximum atomic E-state index is 6.03. The molecule has 2 nitrogen and oxygen atoms in total. The summed E-state index contributed by atoms with van der Waals surface area (Å²) < 4.78 is 6.03. The van der Waals surface area contributed by atoms with Crippen molar-refractivity contribution in [1.29, 1.82) is 0 Å². The van der Waals surface area contributed by atoms with Crippen molar-refractivity contribution < 1.29 is 4.74 Å². The molecule has 2 heteroatoms. The minimum Gasteiger partial charge on any atom is -0.375 e. The second kappa shape index (κ2) is 4.89. The van der Waals surface area contributed by atoms with Crippen molar-refractivity contribution in [3.8, 4) is 0 Å². The number of hydrogen-bond donors (Lipinski definition) is 0. The van der Waals surface area contributed by atoms with Gasteiger partial charge in [-0.3, -0.25) is 4.90 Å². The molecule has 1 heterocycles. The smallest absolute Gasteiger partial charge is 0.0604 e. The van der Waals surface area contributed by atoms with E-state index in [0.717, 1.165) is 12.0 Å². The van der Waals surface area contributed by atoms with Gasteiger partial charge in [0.05, 0.1) is 12.2 Å². The van der Waals surface area contributed by atoms with Crippen LogP contribution in [0.5, 0.6) is 0 Å². The number of hydrogen-bond acceptors (Lipinski definition) is 2. The fraction of sp³-hybridized carbons (Fsp3) is 1.00. The maximum absolute atomic E-state index is 6.03. The molecule has 2 rings (SSSR count). The third-order valence-corrected chi connectivity index (χ3v) is 4.60. The number of likely N-dealkylation sites (tertiary alicyclic amines) is 1. The van der Waals surface area contributed by atoms with Crippen molar-refractivity contribution in [2.75, 3.05) is 13.1 Å². The molecule has 0 aromatic rings. The first-order chi connectivity index (χ1) is 7.92. The maximum Gasteiger partial charge on any atom is 0.0604 e. The van der Waals surface area contributed by atoms with Gasteiger partial charge in [-0.1, -0.05) is 6.92 Å². The Balaban J connectivity index is 1.84. The number of nitrogens with zero attached hydrogens (tertiary/aromatic N) is 1. The van der Waals surface area contributed by atoms with E-state index in [1.807, 2.05) is 0 Å². The molecule has 2 fully saturated rings. The molecular formula is C15H29NO. The molecule has 1 aliphatic heterocycles. The number of ether oxygens (including phenoxy) is 1. The third-order valence-electron chi connectivity index (χ3n) is 4.60. The molecule has 0 aromatic carbocycles. The molecule has 1 spiro atoms. The predicted molar refractivity (Wildman–Crippen MR) is 72.2 cm³/mol. The van der Waals surface area contributed by atoms with Crippen LogP contribution in [0.1, 0.15) is 53.9 Å². The standard InChI is InChI=1S/C15H29NO/c1-11(2)16-9-15(10-16)7-6-14(13(5)8-15)17-12(3)4/h11-14H,6-10H2,1-5H3/t13-,14?/m0/s1. The van der Waals surface area contributed by atoms with Gasteiger partial charge < -0.3 is 4.74 Å². The van der Waals surface area contributed by atoms with Crippen LogP contribution in [-0.4, -0.2) is 36.2 Å². The topological polar surface area (TPSA) is 12.5 Å². The van der Waals surface area contributed by atoms with Gasteiger partial charge in [0.2, 0.25) is 0 Å². The summed E-state index contributed by atoms with van der Waals surface area (Å²) in [5.74, 6) is 0.737. The van der Waals surface area contributed by atoms with Gasteiger partial charge in [0, 0.05) is 19.1 Å². The third kappa shape index (κ3) is 2.85. The Labute approximate surface area is 107 Å². The first-order valence-electron chi connectivity index (χ1n) is 7.31. The van der Waals surface area contributed by atoms with Crippen LogP contribution in [0.4, 0.5) is 0 Å². The molecule has 1 saturated heterocycles. The highest BCUT2D eigenvalue weighted by atomic mass is 16.5. The van der Waals surface area contributed by atoms with Crippen LogP contribution in [0, 0.1) is 11.3 Å². The van der Waals surface area contributed by atoms with Gasteiger partial charge in [0.15, 0.2) is 0 Å². The van der Waals surface area contributed by atoms with Crippen LogP contribution >= 0.6 is 0 Å². The molecule has 1 saturated carbocycles. The van der Waals surface area contributed by atoms with Crippen LogP contribution < -0.4 is 0 Å². The molecule has 2 atom stereocenters. The van der Waals surface area contributed by atoms with Gasteiger partial charge in [0.25, 0.3) is 0 Å². The summed E-state index contributed by atoms with van der Waals surface area (Å²) in [6.07, 6.45) is 4.90. The average molecular weight is 239 g/mol. The lowest BCUT2D eigenvalue weighted by Crippen LogP contribution is -2.61. The van der Waals surface area contributed by atoms with Gasteiger partial charge in [-0.15, -0.1) is 0 Å². The zero-order valence-corrected chi connectivity index (χ0v) is 12.2. The van der Waals surface area contributed by atoms with Crippen molar-refractivity contribution in [3.05, 3.63) is 0 Å². The summed E-state index contributed by atoms with van der Waals surface area (Å²) in [6.45, 7) is 14.0. The molecule has 1 aliphatic carbocycles. The fourth-order valence-electron chi connectivity index (χ4n) is 3.67. The Morgan fingerprint density at radius 3 is 2.29 bits per heavy atom. The molecule has 0 N–H and O–H groups in total. The predicted octanol–water partition coefficient (Wildman–Crippen LogP) is 3.31. The van der Waals surface area contributed by atoms with E-state index >= 15 is 0 Å². The van der Waals surface area contributed by atoms with Crippen molar-refractivity contribution in [3.63, 3.8) is 0 Å². The van der Waals surface area contributed by atoms with E-state index < -0.39 is 0 Å². The van der Waals surface area contributed by atoms with E-state index in [2.05, 4.69) is 39.5 Å². The molecule has 0 amide bonds. The van der Waals surface area contributed by atoms with E-state index in [9.17, 15) is 0 Å². The number of rotatable bonds is 3. The minimum atomic E-state index is 0.380. The molecule has 0 aromatic heterocycles. The second-order valence-corrected chi connectivity index (χ2v) is 6.94. The van der Waals surface area contributed by atoms with Gasteiger partial charge in [0.1, 0.15) is 0 Å². The minimum absolute atomic E-state index is 0.380. The Morgan fingerprint density at radius 2 is 1.82 bits per heavy atom. The first-order valence-corrected chi connectivity index (χ1v) is 7.31. The van der Waals surface area contributed by atoms with Crippen molar-refractivity contribution in [2.45, 2.75) is 72.1 Å². The monoisotopic (exact) mass is 239 g/mol. The Morgan fingerprint density at radius 1 is 1.18 bits per heavy atom. The van der Waals surface area contributed by atoms with Crippen LogP contribution in [-0.2, 0) is 4.74 Å². The molecule has 17 heavy (non-hydrogen) atoms. The zero-order chi connectivity index (χ0) is 12.6. The summed E-state index contributed by atoms with van der Waals surface area (Å²) in [5, 5.41) is 0. The highest BCUT2D eigenvalue weighted by Gasteiger charge is 2.48. The summed E-state index contributed by atoms with van der Waals surface area (Å²) in [4.78, 5) is 2.61. The Kier molecular flexibility index (Phi) is 3.84. The van der Waals surface area contributed by atoms with E-state index in [0.29, 0.717) is 17.6 Å². The van der Waals surface area contributed by atoms with Gasteiger partial charge in [-0.2, -0.15) is 0 Å². The van der Waals surface area contributed by atoms with Gasteiger partial charge in [-0.05, 0) is 58.3 Å². The van der Waals surface area contributed by atoms with Crippen molar-refractivity contribution in [1.82, 2.24) is 4.90 Å². The van der Waals surface area contributed by atoms with E-state index in [-0.39, 0.29) is 0 Å². The van der Waals surface area contributed by atoms with Crippen LogP contribution in [0.25, 0.3) is 0 Å². The van der Waals surface area contributed by atoms with Crippen LogP contribution in [0.15, 0.2) is 0 Å². The lowest BCUT2D eigenvalue weighted by Gasteiger charge is -2.56. The summed E-state index contributed by atoms with van der Waals surface area (Å²) in [5.41, 5.74) is 0.639.